The van der Waals surface area contributed by atoms with E-state index in [-0.39, 0.29) is 24.3 Å². The van der Waals surface area contributed by atoms with E-state index in [1.54, 1.807) is 0 Å². The first kappa shape index (κ1) is 36.2. The maximum Gasteiger partial charge on any atom is 0.334 e. The van der Waals surface area contributed by atoms with Gasteiger partial charge in [-0.15, -0.1) is 0 Å². The second-order valence-corrected chi connectivity index (χ2v) is 12.9. The highest BCUT2D eigenvalue weighted by Crippen LogP contribution is 2.28. The normalized spacial score (nSPS) is 23.0. The maximum atomic E-state index is 11.6. The number of esters is 1. The average molecular weight is 581 g/mol. The zero-order chi connectivity index (χ0) is 29.7. The van der Waals surface area contributed by atoms with Crippen LogP contribution in [-0.4, -0.2) is 57.9 Å². The molecule has 2 heterocycles. The first-order valence-corrected chi connectivity index (χ1v) is 17.5. The lowest BCUT2D eigenvalue weighted by Gasteiger charge is -2.19. The van der Waals surface area contributed by atoms with E-state index in [1.807, 2.05) is 13.0 Å². The molecule has 6 atom stereocenters. The number of rotatable bonds is 26. The van der Waals surface area contributed by atoms with Crippen LogP contribution in [0.25, 0.3) is 0 Å². The van der Waals surface area contributed by atoms with Crippen LogP contribution in [0.3, 0.4) is 0 Å². The van der Waals surface area contributed by atoms with Crippen LogP contribution in [0, 0.1) is 0 Å². The molecule has 0 radical (unpaired) electrons. The number of hydrogen-bond acceptors (Lipinski definition) is 6. The van der Waals surface area contributed by atoms with Crippen LogP contribution in [0.5, 0.6) is 0 Å². The van der Waals surface area contributed by atoms with Gasteiger partial charge in [0, 0.05) is 5.57 Å². The minimum absolute atomic E-state index is 0.00682. The molecule has 6 heteroatoms. The number of carbonyl (C=O) groups is 1. The third-order valence-corrected chi connectivity index (χ3v) is 9.08. The standard InChI is InChI=1S/C35H64O6/c1-3-4-15-22-31(36)32(37)23-18-13-14-19-24-33(38)34-26-25-30(41-34)21-17-12-10-8-6-5-7-9-11-16-20-29-27-28(2)40-35(29)39/h27-28,30-34,36-38H,3-26H2,1-2H3/t28-,30-,31+,32-,33+,34+/m0/s1. The van der Waals surface area contributed by atoms with Gasteiger partial charge in [0.15, 0.2) is 0 Å². The molecule has 1 saturated heterocycles. The average Bonchev–Trinajstić information content (AvgIpc) is 3.56. The van der Waals surface area contributed by atoms with Crippen molar-refractivity contribution in [3.05, 3.63) is 11.6 Å². The fourth-order valence-electron chi connectivity index (χ4n) is 6.38. The van der Waals surface area contributed by atoms with Crippen molar-refractivity contribution in [3.63, 3.8) is 0 Å². The van der Waals surface area contributed by atoms with Crippen LogP contribution >= 0.6 is 0 Å². The molecular formula is C35H64O6. The quantitative estimate of drug-likeness (QED) is 0.0707. The van der Waals surface area contributed by atoms with Gasteiger partial charge in [0.25, 0.3) is 0 Å². The van der Waals surface area contributed by atoms with E-state index in [4.69, 9.17) is 9.47 Å². The molecule has 6 nitrogen and oxygen atoms in total. The molecule has 0 spiro atoms. The predicted octanol–water partition coefficient (Wildman–Crippen LogP) is 8.09. The third kappa shape index (κ3) is 16.5. The van der Waals surface area contributed by atoms with Gasteiger partial charge < -0.3 is 24.8 Å². The molecule has 0 aromatic rings. The molecule has 3 N–H and O–H groups in total. The fourth-order valence-corrected chi connectivity index (χ4v) is 6.38. The molecule has 0 aromatic heterocycles. The van der Waals surface area contributed by atoms with Crippen molar-refractivity contribution >= 4 is 5.97 Å². The number of hydrogen-bond donors (Lipinski definition) is 3. The first-order chi connectivity index (χ1) is 19.9. The molecule has 2 aliphatic heterocycles. The Hall–Kier alpha value is -0.950. The van der Waals surface area contributed by atoms with Gasteiger partial charge in [-0.1, -0.05) is 110 Å². The van der Waals surface area contributed by atoms with Crippen LogP contribution in [0.1, 0.15) is 168 Å². The van der Waals surface area contributed by atoms with Crippen molar-refractivity contribution in [3.8, 4) is 0 Å². The van der Waals surface area contributed by atoms with Crippen molar-refractivity contribution in [2.45, 2.75) is 205 Å². The van der Waals surface area contributed by atoms with E-state index in [1.165, 1.54) is 57.8 Å². The zero-order valence-corrected chi connectivity index (χ0v) is 26.6. The Kier molecular flexibility index (Phi) is 20.0. The number of cyclic esters (lactones) is 1. The smallest absolute Gasteiger partial charge is 0.334 e. The van der Waals surface area contributed by atoms with Gasteiger partial charge >= 0.3 is 5.97 Å². The summed E-state index contributed by atoms with van der Waals surface area (Å²) in [5.74, 6) is -0.114. The number of carbonyl (C=O) groups excluding carboxylic acids is 1. The molecule has 0 bridgehead atoms. The Morgan fingerprint density at radius 1 is 0.732 bits per heavy atom. The summed E-state index contributed by atoms with van der Waals surface area (Å²) >= 11 is 0. The lowest BCUT2D eigenvalue weighted by Crippen LogP contribution is -2.26. The van der Waals surface area contributed by atoms with E-state index in [0.717, 1.165) is 89.0 Å². The summed E-state index contributed by atoms with van der Waals surface area (Å²) in [5, 5.41) is 30.7. The predicted molar refractivity (Wildman–Crippen MR) is 167 cm³/mol. The van der Waals surface area contributed by atoms with Crippen LogP contribution < -0.4 is 0 Å². The molecule has 0 saturated carbocycles. The van der Waals surface area contributed by atoms with Gasteiger partial charge in [0.2, 0.25) is 0 Å². The molecule has 0 aliphatic carbocycles. The van der Waals surface area contributed by atoms with Crippen LogP contribution in [0.4, 0.5) is 0 Å². The highest BCUT2D eigenvalue weighted by molar-refractivity contribution is 5.90. The van der Waals surface area contributed by atoms with Gasteiger partial charge in [-0.05, 0) is 64.4 Å². The van der Waals surface area contributed by atoms with E-state index in [9.17, 15) is 20.1 Å². The van der Waals surface area contributed by atoms with Crippen molar-refractivity contribution < 1.29 is 29.6 Å². The minimum Gasteiger partial charge on any atom is -0.455 e. The second-order valence-electron chi connectivity index (χ2n) is 12.9. The van der Waals surface area contributed by atoms with Crippen LogP contribution in [-0.2, 0) is 14.3 Å². The highest BCUT2D eigenvalue weighted by atomic mass is 16.5. The van der Waals surface area contributed by atoms with Crippen molar-refractivity contribution in [2.24, 2.45) is 0 Å². The van der Waals surface area contributed by atoms with Gasteiger partial charge in [0.1, 0.15) is 6.10 Å². The van der Waals surface area contributed by atoms with Crippen LogP contribution in [0.15, 0.2) is 11.6 Å². The maximum absolute atomic E-state index is 11.6. The van der Waals surface area contributed by atoms with Gasteiger partial charge in [0.05, 0.1) is 30.5 Å². The minimum atomic E-state index is -0.595. The largest absolute Gasteiger partial charge is 0.455 e. The fraction of sp³-hybridized carbons (Fsp3) is 0.914. The number of aliphatic hydroxyl groups excluding tert-OH is 3. The van der Waals surface area contributed by atoms with Crippen molar-refractivity contribution in [2.75, 3.05) is 0 Å². The van der Waals surface area contributed by atoms with E-state index >= 15 is 0 Å². The second kappa shape index (κ2) is 22.6. The molecular weight excluding hydrogens is 516 g/mol. The molecule has 240 valence electrons. The molecule has 1 fully saturated rings. The Bertz CT molecular complexity index is 694. The Labute approximate surface area is 251 Å². The monoisotopic (exact) mass is 580 g/mol. The summed E-state index contributed by atoms with van der Waals surface area (Å²) in [6, 6.07) is 0. The summed E-state index contributed by atoms with van der Waals surface area (Å²) in [5.41, 5.74) is 0.873. The molecule has 2 rings (SSSR count). The third-order valence-electron chi connectivity index (χ3n) is 9.08. The lowest BCUT2D eigenvalue weighted by molar-refractivity contribution is -0.139. The highest BCUT2D eigenvalue weighted by Gasteiger charge is 2.30. The van der Waals surface area contributed by atoms with Crippen LogP contribution in [0.2, 0.25) is 0 Å². The molecule has 41 heavy (non-hydrogen) atoms. The Balaban J connectivity index is 1.34. The molecule has 0 amide bonds. The molecule has 2 aliphatic rings. The number of aliphatic hydroxyl groups is 3. The number of ether oxygens (including phenoxy) is 2. The van der Waals surface area contributed by atoms with Gasteiger partial charge in [-0.3, -0.25) is 0 Å². The van der Waals surface area contributed by atoms with E-state index < -0.39 is 12.2 Å². The molecule has 0 aromatic carbocycles. The Morgan fingerprint density at radius 3 is 1.85 bits per heavy atom. The summed E-state index contributed by atoms with van der Waals surface area (Å²) < 4.78 is 11.3. The van der Waals surface area contributed by atoms with E-state index in [2.05, 4.69) is 6.92 Å². The SMILES string of the molecule is CCCCC[C@@H](O)[C@@H](O)CCCCCC[C@@H](O)[C@H]1CC[C@H](CCCCCCCCCCCCC2=C[C@H](C)OC2=O)O1. The lowest BCUT2D eigenvalue weighted by atomic mass is 9.99. The van der Waals surface area contributed by atoms with E-state index in [0.29, 0.717) is 18.9 Å². The van der Waals surface area contributed by atoms with Crippen molar-refractivity contribution in [1.29, 1.82) is 0 Å². The Morgan fingerprint density at radius 2 is 1.27 bits per heavy atom. The van der Waals surface area contributed by atoms with Gasteiger partial charge in [-0.25, -0.2) is 4.79 Å². The molecule has 0 unspecified atom stereocenters. The number of unbranched alkanes of at least 4 members (excludes halogenated alkanes) is 14. The first-order valence-electron chi connectivity index (χ1n) is 17.5. The summed E-state index contributed by atoms with van der Waals surface area (Å²) in [6.45, 7) is 4.06. The summed E-state index contributed by atoms with van der Waals surface area (Å²) in [6.07, 6.45) is 26.8. The topological polar surface area (TPSA) is 96.2 Å². The summed E-state index contributed by atoms with van der Waals surface area (Å²) in [4.78, 5) is 11.6. The zero-order valence-electron chi connectivity index (χ0n) is 26.6. The summed E-state index contributed by atoms with van der Waals surface area (Å²) in [7, 11) is 0. The van der Waals surface area contributed by atoms with Gasteiger partial charge in [-0.2, -0.15) is 0 Å². The van der Waals surface area contributed by atoms with Crippen molar-refractivity contribution in [1.82, 2.24) is 0 Å².